The zero-order chi connectivity index (χ0) is 10.6. The number of hydrogen-bond acceptors (Lipinski definition) is 3. The van der Waals surface area contributed by atoms with Crippen molar-refractivity contribution in [2.24, 2.45) is 0 Å². The molecular weight excluding hydrogens is 181 g/mol. The van der Waals surface area contributed by atoms with Gasteiger partial charge in [0.2, 0.25) is 0 Å². The van der Waals surface area contributed by atoms with Crippen molar-refractivity contribution < 1.29 is 4.39 Å². The smallest absolute Gasteiger partial charge is 0.127 e. The normalized spacial score (nSPS) is 10.2. The minimum Gasteiger partial charge on any atom is -0.251 e. The van der Waals surface area contributed by atoms with Gasteiger partial charge in [0.1, 0.15) is 5.82 Å². The van der Waals surface area contributed by atoms with Crippen LogP contribution in [0.15, 0.2) is 18.2 Å². The lowest BCUT2D eigenvalue weighted by atomic mass is 10.1. The van der Waals surface area contributed by atoms with Crippen LogP contribution in [0.5, 0.6) is 0 Å². The average molecular weight is 193 g/mol. The zero-order valence-corrected chi connectivity index (χ0v) is 8.21. The number of nitriles is 1. The van der Waals surface area contributed by atoms with Crippen LogP contribution in [-0.2, 0) is 6.54 Å². The maximum atomic E-state index is 13.2. The fraction of sp³-hybridized carbons (Fsp3) is 0.300. The molecular formula is C10H12FN3. The third kappa shape index (κ3) is 2.80. The fourth-order valence-electron chi connectivity index (χ4n) is 1.02. The van der Waals surface area contributed by atoms with Gasteiger partial charge in [0, 0.05) is 26.2 Å². The number of halogens is 1. The van der Waals surface area contributed by atoms with Gasteiger partial charge < -0.3 is 0 Å². The minimum absolute atomic E-state index is 0.293. The maximum absolute atomic E-state index is 13.2. The van der Waals surface area contributed by atoms with Crippen LogP contribution >= 0.6 is 0 Å². The van der Waals surface area contributed by atoms with Crippen LogP contribution < -0.4 is 5.43 Å². The second kappa shape index (κ2) is 4.70. The number of nitrogens with one attached hydrogen (secondary N) is 1. The maximum Gasteiger partial charge on any atom is 0.127 e. The molecule has 1 rings (SSSR count). The highest BCUT2D eigenvalue weighted by Crippen LogP contribution is 2.09. The summed E-state index contributed by atoms with van der Waals surface area (Å²) < 4.78 is 13.2. The molecule has 1 aromatic carbocycles. The van der Waals surface area contributed by atoms with E-state index in [-0.39, 0.29) is 5.82 Å². The van der Waals surface area contributed by atoms with Gasteiger partial charge >= 0.3 is 0 Å². The van der Waals surface area contributed by atoms with Crippen molar-refractivity contribution in [1.29, 1.82) is 5.26 Å². The largest absolute Gasteiger partial charge is 0.251 e. The Hall–Kier alpha value is -1.44. The highest BCUT2D eigenvalue weighted by molar-refractivity contribution is 5.33. The molecule has 0 spiro atoms. The van der Waals surface area contributed by atoms with Gasteiger partial charge in [0.15, 0.2) is 0 Å². The Labute approximate surface area is 82.7 Å². The summed E-state index contributed by atoms with van der Waals surface area (Å²) in [4.78, 5) is 0. The Morgan fingerprint density at radius 2 is 2.21 bits per heavy atom. The molecule has 0 saturated heterocycles. The molecule has 0 aliphatic heterocycles. The molecule has 0 aromatic heterocycles. The number of rotatable bonds is 3. The Balaban J connectivity index is 2.80. The first kappa shape index (κ1) is 10.6. The van der Waals surface area contributed by atoms with Gasteiger partial charge in [0.05, 0.1) is 11.6 Å². The summed E-state index contributed by atoms with van der Waals surface area (Å²) in [7, 11) is 3.65. The summed E-state index contributed by atoms with van der Waals surface area (Å²) >= 11 is 0. The molecule has 4 heteroatoms. The molecule has 0 unspecified atom stereocenters. The van der Waals surface area contributed by atoms with E-state index >= 15 is 0 Å². The first-order valence-corrected chi connectivity index (χ1v) is 4.23. The third-order valence-electron chi connectivity index (χ3n) is 1.76. The standard InChI is InChI=1S/C10H12FN3/c1-14(2)13-7-9-5-8(6-12)3-4-10(9)11/h3-5,13H,7H2,1-2H3. The number of nitrogens with zero attached hydrogens (tertiary/aromatic N) is 2. The lowest BCUT2D eigenvalue weighted by molar-refractivity contribution is 0.283. The SMILES string of the molecule is CN(C)NCc1cc(C#N)ccc1F. The molecule has 74 valence electrons. The highest BCUT2D eigenvalue weighted by atomic mass is 19.1. The summed E-state index contributed by atoms with van der Waals surface area (Å²) in [5.74, 6) is -0.293. The first-order valence-electron chi connectivity index (χ1n) is 4.23. The summed E-state index contributed by atoms with van der Waals surface area (Å²) in [6.45, 7) is 0.383. The predicted octanol–water partition coefficient (Wildman–Crippen LogP) is 1.26. The van der Waals surface area contributed by atoms with Crippen LogP contribution in [0.3, 0.4) is 0 Å². The first-order chi connectivity index (χ1) is 6.63. The van der Waals surface area contributed by atoms with Crippen molar-refractivity contribution in [2.75, 3.05) is 14.1 Å². The molecule has 14 heavy (non-hydrogen) atoms. The van der Waals surface area contributed by atoms with Gasteiger partial charge in [-0.15, -0.1) is 0 Å². The quantitative estimate of drug-likeness (QED) is 0.734. The Morgan fingerprint density at radius 1 is 1.50 bits per heavy atom. The molecule has 0 heterocycles. The number of hydrazine groups is 1. The van der Waals surface area contributed by atoms with E-state index in [1.807, 2.05) is 20.2 Å². The van der Waals surface area contributed by atoms with E-state index in [1.54, 1.807) is 11.1 Å². The van der Waals surface area contributed by atoms with Crippen molar-refractivity contribution in [3.8, 4) is 6.07 Å². The highest BCUT2D eigenvalue weighted by Gasteiger charge is 2.03. The summed E-state index contributed by atoms with van der Waals surface area (Å²) in [5, 5.41) is 10.4. The van der Waals surface area contributed by atoms with Gasteiger partial charge in [-0.05, 0) is 18.2 Å². The second-order valence-electron chi connectivity index (χ2n) is 3.15. The molecule has 0 amide bonds. The summed E-state index contributed by atoms with van der Waals surface area (Å²) in [5.41, 5.74) is 3.91. The van der Waals surface area contributed by atoms with E-state index in [0.717, 1.165) is 0 Å². The molecule has 0 bridgehead atoms. The van der Waals surface area contributed by atoms with Crippen LogP contribution in [0.25, 0.3) is 0 Å². The lowest BCUT2D eigenvalue weighted by Crippen LogP contribution is -2.29. The minimum atomic E-state index is -0.293. The van der Waals surface area contributed by atoms with Crippen molar-refractivity contribution >= 4 is 0 Å². The molecule has 0 fully saturated rings. The lowest BCUT2D eigenvalue weighted by Gasteiger charge is -2.12. The molecule has 0 aliphatic carbocycles. The van der Waals surface area contributed by atoms with Gasteiger partial charge in [-0.1, -0.05) is 0 Å². The molecule has 0 aliphatic rings. The van der Waals surface area contributed by atoms with Crippen LogP contribution in [0.2, 0.25) is 0 Å². The van der Waals surface area contributed by atoms with Gasteiger partial charge in [-0.3, -0.25) is 10.4 Å². The van der Waals surface area contributed by atoms with Gasteiger partial charge in [0.25, 0.3) is 0 Å². The monoisotopic (exact) mass is 193 g/mol. The Morgan fingerprint density at radius 3 is 2.79 bits per heavy atom. The predicted molar refractivity (Wildman–Crippen MR) is 51.6 cm³/mol. The Kier molecular flexibility index (Phi) is 3.57. The fourth-order valence-corrected chi connectivity index (χ4v) is 1.02. The van der Waals surface area contributed by atoms with Crippen LogP contribution in [0.1, 0.15) is 11.1 Å². The zero-order valence-electron chi connectivity index (χ0n) is 8.21. The number of hydrogen-bond donors (Lipinski definition) is 1. The number of benzene rings is 1. The molecule has 0 atom stereocenters. The van der Waals surface area contributed by atoms with E-state index in [2.05, 4.69) is 5.43 Å². The third-order valence-corrected chi connectivity index (χ3v) is 1.76. The van der Waals surface area contributed by atoms with E-state index in [0.29, 0.717) is 17.7 Å². The molecule has 3 nitrogen and oxygen atoms in total. The van der Waals surface area contributed by atoms with E-state index in [9.17, 15) is 4.39 Å². The summed E-state index contributed by atoms with van der Waals surface area (Å²) in [6, 6.07) is 6.30. The van der Waals surface area contributed by atoms with Crippen molar-refractivity contribution in [1.82, 2.24) is 10.4 Å². The van der Waals surface area contributed by atoms with E-state index in [1.165, 1.54) is 12.1 Å². The summed E-state index contributed by atoms with van der Waals surface area (Å²) in [6.07, 6.45) is 0. The van der Waals surface area contributed by atoms with Crippen molar-refractivity contribution in [2.45, 2.75) is 6.54 Å². The van der Waals surface area contributed by atoms with Crippen LogP contribution in [0, 0.1) is 17.1 Å². The Bertz CT molecular complexity index is 355. The van der Waals surface area contributed by atoms with E-state index < -0.39 is 0 Å². The second-order valence-corrected chi connectivity index (χ2v) is 3.15. The van der Waals surface area contributed by atoms with Gasteiger partial charge in [-0.2, -0.15) is 5.26 Å². The molecule has 0 radical (unpaired) electrons. The molecule has 0 saturated carbocycles. The van der Waals surface area contributed by atoms with Crippen LogP contribution in [0.4, 0.5) is 4.39 Å². The van der Waals surface area contributed by atoms with Crippen molar-refractivity contribution in [3.05, 3.63) is 35.1 Å². The van der Waals surface area contributed by atoms with E-state index in [4.69, 9.17) is 5.26 Å². The van der Waals surface area contributed by atoms with Crippen LogP contribution in [-0.4, -0.2) is 19.1 Å². The average Bonchev–Trinajstić information content (AvgIpc) is 2.16. The topological polar surface area (TPSA) is 39.1 Å². The molecule has 1 N–H and O–H groups in total. The molecule has 1 aromatic rings. The van der Waals surface area contributed by atoms with Crippen molar-refractivity contribution in [3.63, 3.8) is 0 Å². The van der Waals surface area contributed by atoms with Gasteiger partial charge in [-0.25, -0.2) is 4.39 Å².